The Hall–Kier alpha value is -2.85. The Morgan fingerprint density at radius 1 is 0.821 bits per heavy atom. The number of carbonyl (C=O) groups is 1. The fraction of sp³-hybridized carbons (Fsp3) is 0.125. The quantitative estimate of drug-likeness (QED) is 0.426. The number of likely N-dealkylation sites (N-methyl/N-ethyl adjacent to an activating group) is 1. The number of anilines is 1. The average molecular weight is 431 g/mol. The lowest BCUT2D eigenvalue weighted by atomic mass is 9.70. The van der Waals surface area contributed by atoms with Crippen LogP contribution in [0.2, 0.25) is 0 Å². The second-order valence-electron chi connectivity index (χ2n) is 7.31. The first-order valence-electron chi connectivity index (χ1n) is 9.23. The van der Waals surface area contributed by atoms with E-state index in [1.54, 1.807) is 4.90 Å². The number of aryl methyl sites for hydroxylation is 1. The fourth-order valence-corrected chi connectivity index (χ4v) is 4.86. The van der Waals surface area contributed by atoms with Crippen LogP contribution in [0.15, 0.2) is 83.5 Å². The zero-order chi connectivity index (χ0) is 19.5. The molecular weight excluding hydrogens is 412 g/mol. The molecule has 1 aliphatic rings. The van der Waals surface area contributed by atoms with Crippen molar-refractivity contribution in [2.75, 3.05) is 11.9 Å². The number of fused-ring (bicyclic) bond motifs is 2. The molecular formula is C24H19BrN2O. The lowest BCUT2D eigenvalue weighted by Gasteiger charge is -2.29. The summed E-state index contributed by atoms with van der Waals surface area (Å²) in [5.74, 6) is 0.0763. The molecule has 28 heavy (non-hydrogen) atoms. The van der Waals surface area contributed by atoms with Crippen molar-refractivity contribution in [2.24, 2.45) is 7.05 Å². The van der Waals surface area contributed by atoms with Crippen LogP contribution < -0.4 is 4.90 Å². The number of halogens is 1. The van der Waals surface area contributed by atoms with E-state index in [1.165, 1.54) is 0 Å². The molecule has 4 aromatic rings. The minimum absolute atomic E-state index is 0.0763. The van der Waals surface area contributed by atoms with Gasteiger partial charge in [-0.25, -0.2) is 0 Å². The van der Waals surface area contributed by atoms with E-state index in [0.29, 0.717) is 0 Å². The largest absolute Gasteiger partial charge is 0.350 e. The van der Waals surface area contributed by atoms with Gasteiger partial charge in [0.05, 0.1) is 0 Å². The second-order valence-corrected chi connectivity index (χ2v) is 8.22. The summed E-state index contributed by atoms with van der Waals surface area (Å²) in [6.45, 7) is 0. The summed E-state index contributed by atoms with van der Waals surface area (Å²) < 4.78 is 3.11. The molecule has 0 saturated carbocycles. The lowest BCUT2D eigenvalue weighted by Crippen LogP contribution is -2.40. The van der Waals surface area contributed by atoms with Gasteiger partial charge < -0.3 is 9.47 Å². The molecule has 0 radical (unpaired) electrons. The van der Waals surface area contributed by atoms with Gasteiger partial charge in [-0.15, -0.1) is 0 Å². The Morgan fingerprint density at radius 3 is 2.29 bits per heavy atom. The number of hydrogen-bond acceptors (Lipinski definition) is 1. The highest BCUT2D eigenvalue weighted by Gasteiger charge is 2.53. The molecule has 1 atom stereocenters. The van der Waals surface area contributed by atoms with E-state index >= 15 is 0 Å². The summed E-state index contributed by atoms with van der Waals surface area (Å²) in [5, 5.41) is 1.10. The number of carbonyl (C=O) groups excluding carboxylic acids is 1. The summed E-state index contributed by atoms with van der Waals surface area (Å²) in [4.78, 5) is 15.7. The van der Waals surface area contributed by atoms with Crippen LogP contribution in [0.5, 0.6) is 0 Å². The summed E-state index contributed by atoms with van der Waals surface area (Å²) in [6.07, 6.45) is 2.11. The van der Waals surface area contributed by atoms with Gasteiger partial charge in [-0.05, 0) is 29.8 Å². The monoisotopic (exact) mass is 430 g/mol. The highest BCUT2D eigenvalue weighted by atomic mass is 79.9. The fourth-order valence-electron chi connectivity index (χ4n) is 4.59. The van der Waals surface area contributed by atoms with Crippen LogP contribution in [0.3, 0.4) is 0 Å². The van der Waals surface area contributed by atoms with Crippen molar-refractivity contribution < 1.29 is 4.79 Å². The summed E-state index contributed by atoms with van der Waals surface area (Å²) >= 11 is 3.53. The SMILES string of the molecule is CN1C(=O)C(c2ccc(Br)cc2)(c2cn(C)c3ccccc23)c2ccccc21. The van der Waals surface area contributed by atoms with Crippen molar-refractivity contribution in [1.29, 1.82) is 0 Å². The number of hydrogen-bond donors (Lipinski definition) is 0. The maximum absolute atomic E-state index is 13.9. The van der Waals surface area contributed by atoms with Gasteiger partial charge in [-0.2, -0.15) is 0 Å². The minimum Gasteiger partial charge on any atom is -0.350 e. The molecule has 1 unspecified atom stereocenters. The van der Waals surface area contributed by atoms with Gasteiger partial charge in [0.15, 0.2) is 0 Å². The maximum atomic E-state index is 13.9. The van der Waals surface area contributed by atoms with Crippen molar-refractivity contribution in [3.8, 4) is 0 Å². The predicted molar refractivity (Wildman–Crippen MR) is 117 cm³/mol. The van der Waals surface area contributed by atoms with Crippen LogP contribution >= 0.6 is 15.9 Å². The van der Waals surface area contributed by atoms with E-state index < -0.39 is 5.41 Å². The Morgan fingerprint density at radius 2 is 1.50 bits per heavy atom. The van der Waals surface area contributed by atoms with E-state index in [2.05, 4.69) is 57.0 Å². The molecule has 0 fully saturated rings. The number of para-hydroxylation sites is 2. The predicted octanol–water partition coefficient (Wildman–Crippen LogP) is 5.25. The van der Waals surface area contributed by atoms with Crippen LogP contribution in [0.25, 0.3) is 10.9 Å². The van der Waals surface area contributed by atoms with Gasteiger partial charge in [0.2, 0.25) is 5.91 Å². The standard InChI is InChI=1S/C24H19BrN2O/c1-26-15-20(18-7-3-5-9-21(18)26)24(16-11-13-17(25)14-12-16)19-8-4-6-10-22(19)27(2)23(24)28/h3-15H,1-2H3. The second kappa shape index (κ2) is 6.08. The Balaban J connectivity index is 1.95. The summed E-state index contributed by atoms with van der Waals surface area (Å²) in [5.41, 5.74) is 4.24. The van der Waals surface area contributed by atoms with Gasteiger partial charge in [0.25, 0.3) is 0 Å². The third-order valence-electron chi connectivity index (χ3n) is 5.87. The number of nitrogens with zero attached hydrogens (tertiary/aromatic N) is 2. The first-order chi connectivity index (χ1) is 13.5. The first-order valence-corrected chi connectivity index (χ1v) is 10.0. The van der Waals surface area contributed by atoms with Gasteiger partial charge in [-0.3, -0.25) is 4.79 Å². The van der Waals surface area contributed by atoms with Crippen LogP contribution in [0.4, 0.5) is 5.69 Å². The van der Waals surface area contributed by atoms with Gasteiger partial charge in [0, 0.05) is 52.5 Å². The smallest absolute Gasteiger partial charge is 0.246 e. The number of rotatable bonds is 2. The number of amides is 1. The molecule has 0 saturated heterocycles. The van der Waals surface area contributed by atoms with E-state index in [1.807, 2.05) is 56.6 Å². The normalized spacial score (nSPS) is 18.7. The molecule has 138 valence electrons. The van der Waals surface area contributed by atoms with Gasteiger partial charge in [-0.1, -0.05) is 64.5 Å². The van der Waals surface area contributed by atoms with E-state index in [-0.39, 0.29) is 5.91 Å². The van der Waals surface area contributed by atoms with Gasteiger partial charge >= 0.3 is 0 Å². The zero-order valence-electron chi connectivity index (χ0n) is 15.7. The molecule has 0 aliphatic carbocycles. The third kappa shape index (κ3) is 2.12. The van der Waals surface area contributed by atoms with Crippen LogP contribution in [0, 0.1) is 0 Å². The lowest BCUT2D eigenvalue weighted by molar-refractivity contribution is -0.120. The highest BCUT2D eigenvalue weighted by molar-refractivity contribution is 9.10. The maximum Gasteiger partial charge on any atom is 0.246 e. The molecule has 1 aliphatic heterocycles. The molecule has 0 spiro atoms. The van der Waals surface area contributed by atoms with Crippen LogP contribution in [-0.4, -0.2) is 17.5 Å². The van der Waals surface area contributed by atoms with Crippen LogP contribution in [0.1, 0.15) is 16.7 Å². The van der Waals surface area contributed by atoms with E-state index in [0.717, 1.165) is 37.8 Å². The van der Waals surface area contributed by atoms with Crippen molar-refractivity contribution >= 4 is 38.4 Å². The first kappa shape index (κ1) is 17.3. The Kier molecular flexibility index (Phi) is 3.75. The molecule has 1 aromatic heterocycles. The van der Waals surface area contributed by atoms with Crippen LogP contribution in [-0.2, 0) is 17.3 Å². The highest BCUT2D eigenvalue weighted by Crippen LogP contribution is 2.51. The molecule has 5 rings (SSSR count). The van der Waals surface area contributed by atoms with Crippen molar-refractivity contribution in [3.05, 3.63) is 100 Å². The van der Waals surface area contributed by atoms with Crippen molar-refractivity contribution in [2.45, 2.75) is 5.41 Å². The summed E-state index contributed by atoms with van der Waals surface area (Å²) in [6, 6.07) is 24.5. The van der Waals surface area contributed by atoms with Gasteiger partial charge in [0.1, 0.15) is 5.41 Å². The van der Waals surface area contributed by atoms with E-state index in [4.69, 9.17) is 0 Å². The molecule has 3 aromatic carbocycles. The zero-order valence-corrected chi connectivity index (χ0v) is 17.3. The van der Waals surface area contributed by atoms with E-state index in [9.17, 15) is 4.79 Å². The average Bonchev–Trinajstić information content (AvgIpc) is 3.17. The molecule has 4 heteroatoms. The van der Waals surface area contributed by atoms with Crippen molar-refractivity contribution in [3.63, 3.8) is 0 Å². The Bertz CT molecular complexity index is 1230. The topological polar surface area (TPSA) is 25.2 Å². The molecule has 0 bridgehead atoms. The number of aromatic nitrogens is 1. The van der Waals surface area contributed by atoms with Crippen molar-refractivity contribution in [1.82, 2.24) is 4.57 Å². The molecule has 2 heterocycles. The molecule has 0 N–H and O–H groups in total. The number of benzene rings is 3. The molecule has 1 amide bonds. The minimum atomic E-state index is -0.868. The Labute approximate surface area is 172 Å². The third-order valence-corrected chi connectivity index (χ3v) is 6.40. The summed E-state index contributed by atoms with van der Waals surface area (Å²) in [7, 11) is 3.91. The molecule has 3 nitrogen and oxygen atoms in total.